The molecule has 0 aliphatic carbocycles. The standard InChI is InChI=1S/C9H11BrN2O2/c1-2-14-9(13)5-3-4-6(10)8(12)7(5)11/h3-4H,2,11-12H2,1H3. The third-order valence-electron chi connectivity index (χ3n) is 1.73. The molecule has 0 saturated heterocycles. The summed E-state index contributed by atoms with van der Waals surface area (Å²) in [4.78, 5) is 11.4. The summed E-state index contributed by atoms with van der Waals surface area (Å²) in [6.07, 6.45) is 0. The van der Waals surface area contributed by atoms with Crippen molar-refractivity contribution in [1.82, 2.24) is 0 Å². The molecule has 5 heteroatoms. The van der Waals surface area contributed by atoms with Crippen molar-refractivity contribution in [3.63, 3.8) is 0 Å². The van der Waals surface area contributed by atoms with E-state index in [1.165, 1.54) is 0 Å². The van der Waals surface area contributed by atoms with Crippen molar-refractivity contribution in [3.8, 4) is 0 Å². The van der Waals surface area contributed by atoms with Gasteiger partial charge in [0.05, 0.1) is 23.5 Å². The molecule has 0 fully saturated rings. The van der Waals surface area contributed by atoms with Gasteiger partial charge >= 0.3 is 5.97 Å². The second-order valence-corrected chi connectivity index (χ2v) is 3.50. The summed E-state index contributed by atoms with van der Waals surface area (Å²) in [5, 5.41) is 0. The molecule has 0 spiro atoms. The minimum absolute atomic E-state index is 0.248. The third kappa shape index (κ3) is 1.98. The smallest absolute Gasteiger partial charge is 0.340 e. The van der Waals surface area contributed by atoms with Crippen LogP contribution in [0.25, 0.3) is 0 Å². The predicted octanol–water partition coefficient (Wildman–Crippen LogP) is 1.79. The average Bonchev–Trinajstić information content (AvgIpc) is 2.15. The molecule has 4 N–H and O–H groups in total. The molecule has 0 bridgehead atoms. The number of hydrogen-bond acceptors (Lipinski definition) is 4. The Labute approximate surface area is 90.3 Å². The molecule has 0 aromatic heterocycles. The first kappa shape index (κ1) is 10.8. The van der Waals surface area contributed by atoms with Crippen molar-refractivity contribution in [3.05, 3.63) is 22.2 Å². The fourth-order valence-electron chi connectivity index (χ4n) is 0.997. The molecule has 0 atom stereocenters. The van der Waals surface area contributed by atoms with Crippen LogP contribution in [0.2, 0.25) is 0 Å². The van der Waals surface area contributed by atoms with E-state index in [0.29, 0.717) is 22.3 Å². The first-order valence-electron chi connectivity index (χ1n) is 4.08. The van der Waals surface area contributed by atoms with E-state index in [2.05, 4.69) is 15.9 Å². The number of esters is 1. The lowest BCUT2D eigenvalue weighted by atomic mass is 10.1. The zero-order valence-corrected chi connectivity index (χ0v) is 9.30. The second kappa shape index (κ2) is 4.32. The molecule has 14 heavy (non-hydrogen) atoms. The van der Waals surface area contributed by atoms with Gasteiger partial charge in [-0.25, -0.2) is 4.79 Å². The molecule has 1 aromatic carbocycles. The lowest BCUT2D eigenvalue weighted by molar-refractivity contribution is 0.0527. The summed E-state index contributed by atoms with van der Waals surface area (Å²) in [5.74, 6) is -0.454. The Balaban J connectivity index is 3.11. The first-order valence-corrected chi connectivity index (χ1v) is 4.87. The number of benzene rings is 1. The highest BCUT2D eigenvalue weighted by molar-refractivity contribution is 9.10. The SMILES string of the molecule is CCOC(=O)c1ccc(Br)c(N)c1N. The molecule has 76 valence electrons. The number of rotatable bonds is 2. The number of carbonyl (C=O) groups is 1. The Hall–Kier alpha value is -1.23. The molecule has 0 unspecified atom stereocenters. The van der Waals surface area contributed by atoms with E-state index in [-0.39, 0.29) is 5.69 Å². The largest absolute Gasteiger partial charge is 0.462 e. The highest BCUT2D eigenvalue weighted by Gasteiger charge is 2.13. The van der Waals surface area contributed by atoms with Gasteiger partial charge in [-0.3, -0.25) is 0 Å². The van der Waals surface area contributed by atoms with Crippen LogP contribution in [0.5, 0.6) is 0 Å². The van der Waals surface area contributed by atoms with Crippen molar-refractivity contribution in [2.45, 2.75) is 6.92 Å². The summed E-state index contributed by atoms with van der Waals surface area (Å²) in [7, 11) is 0. The van der Waals surface area contributed by atoms with Crippen LogP contribution in [0.3, 0.4) is 0 Å². The minimum atomic E-state index is -0.454. The van der Waals surface area contributed by atoms with E-state index < -0.39 is 5.97 Å². The Morgan fingerprint density at radius 3 is 2.64 bits per heavy atom. The molecular weight excluding hydrogens is 248 g/mol. The molecule has 0 aliphatic heterocycles. The fourth-order valence-corrected chi connectivity index (χ4v) is 1.34. The lowest BCUT2D eigenvalue weighted by Crippen LogP contribution is -2.09. The molecule has 1 rings (SSSR count). The molecule has 1 aromatic rings. The monoisotopic (exact) mass is 258 g/mol. The molecule has 0 saturated carbocycles. The van der Waals surface area contributed by atoms with Crippen molar-refractivity contribution >= 4 is 33.3 Å². The van der Waals surface area contributed by atoms with Gasteiger partial charge in [-0.1, -0.05) is 0 Å². The van der Waals surface area contributed by atoms with E-state index in [0.717, 1.165) is 0 Å². The van der Waals surface area contributed by atoms with Crippen LogP contribution in [-0.4, -0.2) is 12.6 Å². The summed E-state index contributed by atoms with van der Waals surface area (Å²) in [5.41, 5.74) is 12.2. The topological polar surface area (TPSA) is 78.3 Å². The van der Waals surface area contributed by atoms with Crippen molar-refractivity contribution in [2.24, 2.45) is 0 Å². The van der Waals surface area contributed by atoms with Gasteiger partial charge in [0, 0.05) is 4.47 Å². The first-order chi connectivity index (χ1) is 6.57. The number of carbonyl (C=O) groups excluding carboxylic acids is 1. The van der Waals surface area contributed by atoms with Crippen molar-refractivity contribution in [1.29, 1.82) is 0 Å². The number of anilines is 2. The Kier molecular flexibility index (Phi) is 3.35. The number of hydrogen-bond donors (Lipinski definition) is 2. The third-order valence-corrected chi connectivity index (χ3v) is 2.42. The Bertz CT molecular complexity index is 366. The zero-order valence-electron chi connectivity index (χ0n) is 7.71. The van der Waals surface area contributed by atoms with Crippen LogP contribution in [0.15, 0.2) is 16.6 Å². The molecule has 0 heterocycles. The van der Waals surface area contributed by atoms with Gasteiger partial charge in [-0.05, 0) is 35.0 Å². The van der Waals surface area contributed by atoms with Gasteiger partial charge in [0.2, 0.25) is 0 Å². The normalized spacial score (nSPS) is 9.86. The molecule has 0 radical (unpaired) electrons. The van der Waals surface area contributed by atoms with Gasteiger partial charge in [-0.2, -0.15) is 0 Å². The van der Waals surface area contributed by atoms with Crippen LogP contribution in [-0.2, 0) is 4.74 Å². The van der Waals surface area contributed by atoms with Crippen molar-refractivity contribution < 1.29 is 9.53 Å². The van der Waals surface area contributed by atoms with Gasteiger partial charge < -0.3 is 16.2 Å². The summed E-state index contributed by atoms with van der Waals surface area (Å²) in [6.45, 7) is 2.05. The maximum Gasteiger partial charge on any atom is 0.340 e. The maximum atomic E-state index is 11.4. The van der Waals surface area contributed by atoms with Crippen LogP contribution < -0.4 is 11.5 Å². The van der Waals surface area contributed by atoms with Gasteiger partial charge in [0.15, 0.2) is 0 Å². The summed E-state index contributed by atoms with van der Waals surface area (Å²) >= 11 is 3.21. The van der Waals surface area contributed by atoms with Crippen LogP contribution in [0.1, 0.15) is 17.3 Å². The number of halogens is 1. The van der Waals surface area contributed by atoms with Gasteiger partial charge in [0.25, 0.3) is 0 Å². The molecule has 0 amide bonds. The molecule has 0 aliphatic rings. The predicted molar refractivity (Wildman–Crippen MR) is 58.9 cm³/mol. The van der Waals surface area contributed by atoms with Gasteiger partial charge in [0.1, 0.15) is 0 Å². The highest BCUT2D eigenvalue weighted by Crippen LogP contribution is 2.28. The number of nitrogens with two attached hydrogens (primary N) is 2. The molecule has 4 nitrogen and oxygen atoms in total. The van der Waals surface area contributed by atoms with Crippen LogP contribution >= 0.6 is 15.9 Å². The number of ether oxygens (including phenoxy) is 1. The highest BCUT2D eigenvalue weighted by atomic mass is 79.9. The quantitative estimate of drug-likeness (QED) is 0.627. The summed E-state index contributed by atoms with van der Waals surface area (Å²) in [6, 6.07) is 3.24. The van der Waals surface area contributed by atoms with Crippen molar-refractivity contribution in [2.75, 3.05) is 18.1 Å². The van der Waals surface area contributed by atoms with E-state index in [1.807, 2.05) is 0 Å². The fraction of sp³-hybridized carbons (Fsp3) is 0.222. The minimum Gasteiger partial charge on any atom is -0.462 e. The van der Waals surface area contributed by atoms with E-state index in [9.17, 15) is 4.79 Å². The lowest BCUT2D eigenvalue weighted by Gasteiger charge is -2.08. The summed E-state index contributed by atoms with van der Waals surface area (Å²) < 4.78 is 5.48. The van der Waals surface area contributed by atoms with Crippen LogP contribution in [0, 0.1) is 0 Å². The van der Waals surface area contributed by atoms with E-state index in [1.54, 1.807) is 19.1 Å². The van der Waals surface area contributed by atoms with E-state index >= 15 is 0 Å². The average molecular weight is 259 g/mol. The van der Waals surface area contributed by atoms with Gasteiger partial charge in [-0.15, -0.1) is 0 Å². The number of nitrogen functional groups attached to an aromatic ring is 2. The second-order valence-electron chi connectivity index (χ2n) is 2.64. The zero-order chi connectivity index (χ0) is 10.7. The van der Waals surface area contributed by atoms with E-state index in [4.69, 9.17) is 16.2 Å². The molecular formula is C9H11BrN2O2. The maximum absolute atomic E-state index is 11.4. The Morgan fingerprint density at radius 1 is 1.43 bits per heavy atom. The van der Waals surface area contributed by atoms with Crippen LogP contribution in [0.4, 0.5) is 11.4 Å². The Morgan fingerprint density at radius 2 is 2.07 bits per heavy atom.